The number of ether oxygens (including phenoxy) is 1. The predicted molar refractivity (Wildman–Crippen MR) is 64.2 cm³/mol. The third kappa shape index (κ3) is 2.37. The Morgan fingerprint density at radius 2 is 2.26 bits per heavy atom. The fourth-order valence-electron chi connectivity index (χ4n) is 1.46. The van der Waals surface area contributed by atoms with Crippen LogP contribution in [-0.4, -0.2) is 32.3 Å². The van der Waals surface area contributed by atoms with E-state index in [4.69, 9.17) is 10.5 Å². The van der Waals surface area contributed by atoms with Gasteiger partial charge in [0.1, 0.15) is 6.33 Å². The van der Waals surface area contributed by atoms with E-state index in [1.807, 2.05) is 0 Å². The summed E-state index contributed by atoms with van der Waals surface area (Å²) in [5.74, 6) is -1.36. The summed E-state index contributed by atoms with van der Waals surface area (Å²) in [5, 5.41) is 3.89. The molecule has 2 heterocycles. The molecule has 0 saturated heterocycles. The average Bonchev–Trinajstić information content (AvgIpc) is 2.75. The Bertz CT molecular complexity index is 626. The van der Waals surface area contributed by atoms with Gasteiger partial charge in [-0.25, -0.2) is 23.8 Å². The molecule has 0 amide bonds. The van der Waals surface area contributed by atoms with Crippen molar-refractivity contribution in [3.63, 3.8) is 0 Å². The summed E-state index contributed by atoms with van der Waals surface area (Å²) in [7, 11) is 0. The second kappa shape index (κ2) is 5.01. The molecule has 8 heteroatoms. The van der Waals surface area contributed by atoms with Crippen LogP contribution in [0.3, 0.4) is 0 Å². The highest BCUT2D eigenvalue weighted by Gasteiger charge is 2.19. The quantitative estimate of drug-likeness (QED) is 0.827. The van der Waals surface area contributed by atoms with Crippen molar-refractivity contribution in [1.29, 1.82) is 0 Å². The van der Waals surface area contributed by atoms with E-state index in [2.05, 4.69) is 15.1 Å². The molecule has 0 radical (unpaired) electrons. The fourth-order valence-corrected chi connectivity index (χ4v) is 1.46. The lowest BCUT2D eigenvalue weighted by molar-refractivity contribution is 0.0520. The summed E-state index contributed by atoms with van der Waals surface area (Å²) in [6.07, 6.45) is 2.51. The number of hydrogen-bond donors (Lipinski definition) is 1. The number of aryl methyl sites for hydroxylation is 1. The topological polar surface area (TPSA) is 95.9 Å². The van der Waals surface area contributed by atoms with Gasteiger partial charge < -0.3 is 10.5 Å². The standard InChI is InChI=1S/C11H12FN5O2/c1-3-19-11(18)9-7(13)4-17(16-9)10-8(12)6(2)14-5-15-10/h4-5H,3,13H2,1-2H3. The van der Waals surface area contributed by atoms with Crippen LogP contribution in [-0.2, 0) is 4.74 Å². The molecule has 7 nitrogen and oxygen atoms in total. The van der Waals surface area contributed by atoms with Crippen molar-refractivity contribution in [1.82, 2.24) is 19.7 Å². The molecule has 0 bridgehead atoms. The molecule has 0 fully saturated rings. The lowest BCUT2D eigenvalue weighted by atomic mass is 10.4. The smallest absolute Gasteiger partial charge is 0.361 e. The van der Waals surface area contributed by atoms with Crippen LogP contribution in [0.2, 0.25) is 0 Å². The zero-order valence-corrected chi connectivity index (χ0v) is 10.4. The van der Waals surface area contributed by atoms with Crippen molar-refractivity contribution < 1.29 is 13.9 Å². The average molecular weight is 265 g/mol. The Balaban J connectivity index is 2.45. The molecule has 19 heavy (non-hydrogen) atoms. The minimum Gasteiger partial charge on any atom is -0.461 e. The minimum absolute atomic E-state index is 0.0717. The highest BCUT2D eigenvalue weighted by molar-refractivity contribution is 5.92. The van der Waals surface area contributed by atoms with Gasteiger partial charge in [-0.1, -0.05) is 0 Å². The van der Waals surface area contributed by atoms with Crippen molar-refractivity contribution in [3.05, 3.63) is 29.7 Å². The predicted octanol–water partition coefficient (Wildman–Crippen LogP) is 0.869. The molecule has 2 aromatic rings. The fraction of sp³-hybridized carbons (Fsp3) is 0.273. The number of nitrogens with zero attached hydrogens (tertiary/aromatic N) is 4. The highest BCUT2D eigenvalue weighted by atomic mass is 19.1. The summed E-state index contributed by atoms with van der Waals surface area (Å²) < 4.78 is 19.7. The largest absolute Gasteiger partial charge is 0.461 e. The molecule has 0 aliphatic rings. The molecule has 0 atom stereocenters. The molecule has 0 unspecified atom stereocenters. The number of nitrogen functional groups attached to an aromatic ring is 1. The number of carbonyl (C=O) groups excluding carboxylic acids is 1. The first-order valence-corrected chi connectivity index (χ1v) is 5.54. The number of rotatable bonds is 3. The van der Waals surface area contributed by atoms with Gasteiger partial charge in [0.25, 0.3) is 0 Å². The lowest BCUT2D eigenvalue weighted by Crippen LogP contribution is -2.09. The minimum atomic E-state index is -0.662. The van der Waals surface area contributed by atoms with Crippen LogP contribution in [0, 0.1) is 12.7 Å². The molecule has 100 valence electrons. The molecule has 0 aliphatic carbocycles. The number of aromatic nitrogens is 4. The summed E-state index contributed by atoms with van der Waals surface area (Å²) in [5.41, 5.74) is 5.85. The van der Waals surface area contributed by atoms with Crippen molar-refractivity contribution in [2.24, 2.45) is 0 Å². The van der Waals surface area contributed by atoms with Crippen LogP contribution < -0.4 is 5.73 Å². The van der Waals surface area contributed by atoms with Gasteiger partial charge in [0.05, 0.1) is 24.2 Å². The van der Waals surface area contributed by atoms with Crippen molar-refractivity contribution in [2.75, 3.05) is 12.3 Å². The SMILES string of the molecule is CCOC(=O)c1nn(-c2ncnc(C)c2F)cc1N. The van der Waals surface area contributed by atoms with Gasteiger partial charge in [-0.3, -0.25) is 0 Å². The first-order valence-electron chi connectivity index (χ1n) is 5.54. The molecule has 2 aromatic heterocycles. The van der Waals surface area contributed by atoms with Gasteiger partial charge in [-0.05, 0) is 13.8 Å². The summed E-state index contributed by atoms with van der Waals surface area (Å²) >= 11 is 0. The number of esters is 1. The van der Waals surface area contributed by atoms with E-state index >= 15 is 0 Å². The summed E-state index contributed by atoms with van der Waals surface area (Å²) in [4.78, 5) is 19.0. The van der Waals surface area contributed by atoms with E-state index < -0.39 is 11.8 Å². The van der Waals surface area contributed by atoms with Crippen LogP contribution in [0.5, 0.6) is 0 Å². The Morgan fingerprint density at radius 3 is 2.95 bits per heavy atom. The first kappa shape index (κ1) is 12.9. The van der Waals surface area contributed by atoms with Crippen LogP contribution >= 0.6 is 0 Å². The van der Waals surface area contributed by atoms with Crippen LogP contribution in [0.15, 0.2) is 12.5 Å². The highest BCUT2D eigenvalue weighted by Crippen LogP contribution is 2.16. The van der Waals surface area contributed by atoms with Gasteiger partial charge >= 0.3 is 5.97 Å². The molecule has 0 saturated carbocycles. The van der Waals surface area contributed by atoms with E-state index in [1.165, 1.54) is 19.4 Å². The normalized spacial score (nSPS) is 10.5. The van der Waals surface area contributed by atoms with Gasteiger partial charge in [0, 0.05) is 0 Å². The Labute approximate surface area is 108 Å². The van der Waals surface area contributed by atoms with E-state index in [9.17, 15) is 9.18 Å². The van der Waals surface area contributed by atoms with E-state index in [1.54, 1.807) is 6.92 Å². The Kier molecular flexibility index (Phi) is 3.41. The summed E-state index contributed by atoms with van der Waals surface area (Å²) in [6.45, 7) is 3.37. The number of nitrogens with two attached hydrogens (primary N) is 1. The molecule has 0 aromatic carbocycles. The molecule has 2 N–H and O–H groups in total. The molecular formula is C11H12FN5O2. The molecule has 0 spiro atoms. The van der Waals surface area contributed by atoms with Crippen molar-refractivity contribution in [2.45, 2.75) is 13.8 Å². The lowest BCUT2D eigenvalue weighted by Gasteiger charge is -2.02. The van der Waals surface area contributed by atoms with Gasteiger partial charge in [0.15, 0.2) is 17.3 Å². The maximum atomic E-state index is 13.8. The zero-order chi connectivity index (χ0) is 14.0. The first-order chi connectivity index (χ1) is 9.04. The van der Waals surface area contributed by atoms with Crippen molar-refractivity contribution >= 4 is 11.7 Å². The number of anilines is 1. The van der Waals surface area contributed by atoms with E-state index in [-0.39, 0.29) is 29.5 Å². The summed E-state index contributed by atoms with van der Waals surface area (Å²) in [6, 6.07) is 0. The number of halogens is 1. The van der Waals surface area contributed by atoms with Crippen LogP contribution in [0.1, 0.15) is 23.1 Å². The van der Waals surface area contributed by atoms with Crippen LogP contribution in [0.25, 0.3) is 5.82 Å². The second-order valence-electron chi connectivity index (χ2n) is 3.69. The van der Waals surface area contributed by atoms with Gasteiger partial charge in [-0.2, -0.15) is 5.10 Å². The molecule has 0 aliphatic heterocycles. The third-order valence-corrected chi connectivity index (χ3v) is 2.37. The number of hydrogen-bond acceptors (Lipinski definition) is 6. The van der Waals surface area contributed by atoms with Crippen LogP contribution in [0.4, 0.5) is 10.1 Å². The van der Waals surface area contributed by atoms with E-state index in [0.717, 1.165) is 4.68 Å². The van der Waals surface area contributed by atoms with Gasteiger partial charge in [-0.15, -0.1) is 0 Å². The zero-order valence-electron chi connectivity index (χ0n) is 10.4. The van der Waals surface area contributed by atoms with Crippen molar-refractivity contribution in [3.8, 4) is 5.82 Å². The second-order valence-corrected chi connectivity index (χ2v) is 3.69. The molecule has 2 rings (SSSR count). The Hall–Kier alpha value is -2.51. The molecular weight excluding hydrogens is 253 g/mol. The third-order valence-electron chi connectivity index (χ3n) is 2.37. The number of carbonyl (C=O) groups is 1. The monoisotopic (exact) mass is 265 g/mol. The van der Waals surface area contributed by atoms with E-state index in [0.29, 0.717) is 0 Å². The maximum absolute atomic E-state index is 13.8. The maximum Gasteiger partial charge on any atom is 0.361 e. The Morgan fingerprint density at radius 1 is 1.53 bits per heavy atom. The van der Waals surface area contributed by atoms with Gasteiger partial charge in [0.2, 0.25) is 0 Å².